The summed E-state index contributed by atoms with van der Waals surface area (Å²) in [7, 11) is 0. The molecule has 1 rings (SSSR count). The highest BCUT2D eigenvalue weighted by atomic mass is 79.9. The molecule has 1 aromatic carbocycles. The average molecular weight is 273 g/mol. The molecule has 0 heterocycles. The van der Waals surface area contributed by atoms with E-state index >= 15 is 0 Å². The topological polar surface area (TPSA) is 76.8 Å². The van der Waals surface area contributed by atoms with E-state index in [-0.39, 0.29) is 11.8 Å². The maximum Gasteiger partial charge on any atom is 0.211 e. The Morgan fingerprint density at radius 3 is 2.80 bits per heavy atom. The van der Waals surface area contributed by atoms with Crippen LogP contribution in [0.1, 0.15) is 11.1 Å². The summed E-state index contributed by atoms with van der Waals surface area (Å²) >= 11 is 3.25. The van der Waals surface area contributed by atoms with Crippen LogP contribution in [0.2, 0.25) is 0 Å². The first-order chi connectivity index (χ1) is 7.13. The Labute approximate surface area is 95.0 Å². The van der Waals surface area contributed by atoms with Crippen molar-refractivity contribution in [2.75, 3.05) is 0 Å². The summed E-state index contributed by atoms with van der Waals surface area (Å²) in [6.07, 6.45) is 1.47. The molecule has 0 aromatic heterocycles. The molecule has 4 N–H and O–H groups in total. The minimum atomic E-state index is -0.288. The summed E-state index contributed by atoms with van der Waals surface area (Å²) in [6, 6.07) is 4.38. The van der Waals surface area contributed by atoms with E-state index < -0.39 is 0 Å². The predicted molar refractivity (Wildman–Crippen MR) is 62.4 cm³/mol. The lowest BCUT2D eigenvalue weighted by molar-refractivity contribution is 0.626. The third kappa shape index (κ3) is 3.67. The Kier molecular flexibility index (Phi) is 4.23. The van der Waals surface area contributed by atoms with Crippen LogP contribution in [0.5, 0.6) is 0 Å². The van der Waals surface area contributed by atoms with Crippen LogP contribution in [-0.4, -0.2) is 12.2 Å². The van der Waals surface area contributed by atoms with Gasteiger partial charge in [-0.3, -0.25) is 0 Å². The highest BCUT2D eigenvalue weighted by Gasteiger charge is 2.00. The van der Waals surface area contributed by atoms with Crippen LogP contribution in [-0.2, 0) is 5.33 Å². The third-order valence-electron chi connectivity index (χ3n) is 1.62. The van der Waals surface area contributed by atoms with Gasteiger partial charge in [-0.15, -0.1) is 5.10 Å². The van der Waals surface area contributed by atoms with Crippen molar-refractivity contribution in [1.82, 2.24) is 0 Å². The number of nitrogens with two attached hydrogens (primary N) is 2. The molecular formula is C9H10BrFN4. The number of halogens is 2. The smallest absolute Gasteiger partial charge is 0.211 e. The largest absolute Gasteiger partial charge is 0.369 e. The van der Waals surface area contributed by atoms with E-state index in [4.69, 9.17) is 11.5 Å². The lowest BCUT2D eigenvalue weighted by atomic mass is 10.1. The van der Waals surface area contributed by atoms with Gasteiger partial charge in [0.05, 0.1) is 6.21 Å². The van der Waals surface area contributed by atoms with Crippen molar-refractivity contribution < 1.29 is 4.39 Å². The van der Waals surface area contributed by atoms with E-state index in [1.807, 2.05) is 0 Å². The zero-order chi connectivity index (χ0) is 11.3. The van der Waals surface area contributed by atoms with Crippen LogP contribution in [0.3, 0.4) is 0 Å². The maximum atomic E-state index is 12.9. The standard InChI is InChI=1S/C9H10BrFN4/c10-4-7-3-8(11)2-1-6(7)5-14-15-9(12)13/h1-3,5H,4H2,(H4,12,13,15). The molecule has 15 heavy (non-hydrogen) atoms. The Hall–Kier alpha value is -1.43. The van der Waals surface area contributed by atoms with Crippen molar-refractivity contribution in [2.24, 2.45) is 21.7 Å². The highest BCUT2D eigenvalue weighted by Crippen LogP contribution is 2.12. The van der Waals surface area contributed by atoms with Crippen LogP contribution >= 0.6 is 15.9 Å². The molecule has 0 atom stereocenters. The average Bonchev–Trinajstić information content (AvgIpc) is 2.19. The summed E-state index contributed by atoms with van der Waals surface area (Å²) in [5.41, 5.74) is 11.7. The third-order valence-corrected chi connectivity index (χ3v) is 2.22. The van der Waals surface area contributed by atoms with Gasteiger partial charge in [0.25, 0.3) is 0 Å². The van der Waals surface area contributed by atoms with Crippen molar-refractivity contribution in [3.05, 3.63) is 35.1 Å². The number of nitrogens with zero attached hydrogens (tertiary/aromatic N) is 2. The zero-order valence-corrected chi connectivity index (χ0v) is 9.41. The van der Waals surface area contributed by atoms with E-state index in [1.165, 1.54) is 18.3 Å². The number of hydrogen-bond acceptors (Lipinski definition) is 2. The summed E-state index contributed by atoms with van der Waals surface area (Å²) in [6.45, 7) is 0. The van der Waals surface area contributed by atoms with Gasteiger partial charge in [0.2, 0.25) is 5.96 Å². The fourth-order valence-electron chi connectivity index (χ4n) is 0.974. The second kappa shape index (κ2) is 5.45. The van der Waals surface area contributed by atoms with Crippen LogP contribution < -0.4 is 11.5 Å². The Morgan fingerprint density at radius 2 is 2.20 bits per heavy atom. The van der Waals surface area contributed by atoms with Crippen LogP contribution in [0.25, 0.3) is 0 Å². The Bertz CT molecular complexity index is 399. The molecule has 0 amide bonds. The van der Waals surface area contributed by atoms with Gasteiger partial charge in [-0.05, 0) is 23.3 Å². The quantitative estimate of drug-likeness (QED) is 0.377. The maximum absolute atomic E-state index is 12.9. The van der Waals surface area contributed by atoms with Crippen molar-refractivity contribution in [2.45, 2.75) is 5.33 Å². The molecule has 0 saturated heterocycles. The van der Waals surface area contributed by atoms with Crippen molar-refractivity contribution in [3.8, 4) is 0 Å². The first kappa shape index (κ1) is 11.6. The first-order valence-electron chi connectivity index (χ1n) is 4.10. The number of hydrogen-bond donors (Lipinski definition) is 2. The molecular weight excluding hydrogens is 263 g/mol. The molecule has 0 spiro atoms. The second-order valence-electron chi connectivity index (χ2n) is 2.75. The van der Waals surface area contributed by atoms with Gasteiger partial charge < -0.3 is 11.5 Å². The summed E-state index contributed by atoms with van der Waals surface area (Å²) in [5.74, 6) is -0.405. The molecule has 0 aliphatic heterocycles. The lowest BCUT2D eigenvalue weighted by Gasteiger charge is -2.00. The van der Waals surface area contributed by atoms with E-state index in [0.29, 0.717) is 5.33 Å². The molecule has 0 bridgehead atoms. The van der Waals surface area contributed by atoms with E-state index in [9.17, 15) is 4.39 Å². The molecule has 6 heteroatoms. The SMILES string of the molecule is NC(N)=NN=Cc1ccc(F)cc1CBr. The zero-order valence-electron chi connectivity index (χ0n) is 7.82. The fraction of sp³-hybridized carbons (Fsp3) is 0.111. The first-order valence-corrected chi connectivity index (χ1v) is 5.22. The van der Waals surface area contributed by atoms with E-state index in [1.54, 1.807) is 6.07 Å². The molecule has 0 aliphatic rings. The molecule has 1 aromatic rings. The number of benzene rings is 1. The molecule has 0 radical (unpaired) electrons. The van der Waals surface area contributed by atoms with Gasteiger partial charge in [0.15, 0.2) is 0 Å². The predicted octanol–water partition coefficient (Wildman–Crippen LogP) is 1.33. The van der Waals surface area contributed by atoms with E-state index in [2.05, 4.69) is 26.1 Å². The second-order valence-corrected chi connectivity index (χ2v) is 3.31. The minimum Gasteiger partial charge on any atom is -0.369 e. The Balaban J connectivity index is 2.94. The molecule has 0 aliphatic carbocycles. The van der Waals surface area contributed by atoms with Gasteiger partial charge in [-0.25, -0.2) is 4.39 Å². The molecule has 80 valence electrons. The van der Waals surface area contributed by atoms with Gasteiger partial charge >= 0.3 is 0 Å². The normalized spacial score (nSPS) is 10.5. The van der Waals surface area contributed by atoms with Crippen LogP contribution in [0, 0.1) is 5.82 Å². The summed E-state index contributed by atoms with van der Waals surface area (Å²) < 4.78 is 12.9. The number of rotatable bonds is 3. The van der Waals surface area contributed by atoms with Crippen LogP contribution in [0.15, 0.2) is 28.4 Å². The van der Waals surface area contributed by atoms with Crippen molar-refractivity contribution in [1.29, 1.82) is 0 Å². The minimum absolute atomic E-state index is 0.117. The summed E-state index contributed by atoms with van der Waals surface area (Å²) in [5, 5.41) is 7.64. The summed E-state index contributed by atoms with van der Waals surface area (Å²) in [4.78, 5) is 0. The molecule has 0 unspecified atom stereocenters. The van der Waals surface area contributed by atoms with Crippen molar-refractivity contribution >= 4 is 28.1 Å². The highest BCUT2D eigenvalue weighted by molar-refractivity contribution is 9.08. The lowest BCUT2D eigenvalue weighted by Crippen LogP contribution is -2.21. The molecule has 4 nitrogen and oxygen atoms in total. The van der Waals surface area contributed by atoms with Crippen LogP contribution in [0.4, 0.5) is 4.39 Å². The van der Waals surface area contributed by atoms with Gasteiger partial charge in [-0.1, -0.05) is 22.0 Å². The van der Waals surface area contributed by atoms with Gasteiger partial charge in [0.1, 0.15) is 5.82 Å². The van der Waals surface area contributed by atoms with Gasteiger partial charge in [0, 0.05) is 5.33 Å². The number of guanidine groups is 1. The fourth-order valence-corrected chi connectivity index (χ4v) is 1.46. The van der Waals surface area contributed by atoms with Gasteiger partial charge in [-0.2, -0.15) is 5.10 Å². The monoisotopic (exact) mass is 272 g/mol. The Morgan fingerprint density at radius 1 is 1.47 bits per heavy atom. The molecule has 0 fully saturated rings. The van der Waals surface area contributed by atoms with Crippen molar-refractivity contribution in [3.63, 3.8) is 0 Å². The molecule has 0 saturated carbocycles. The number of alkyl halides is 1. The van der Waals surface area contributed by atoms with E-state index in [0.717, 1.165) is 11.1 Å².